The number of ether oxygens (including phenoxy) is 2. The minimum Gasteiger partial charge on any atom is -0.494 e. The number of amides is 3. The van der Waals surface area contributed by atoms with Gasteiger partial charge in [-0.25, -0.2) is 0 Å². The van der Waals surface area contributed by atoms with Crippen molar-refractivity contribution in [3.05, 3.63) is 28.7 Å². The van der Waals surface area contributed by atoms with Crippen molar-refractivity contribution in [3.63, 3.8) is 0 Å². The van der Waals surface area contributed by atoms with Crippen LogP contribution in [0.3, 0.4) is 0 Å². The second-order valence-electron chi connectivity index (χ2n) is 7.32. The molecule has 0 aromatic heterocycles. The van der Waals surface area contributed by atoms with E-state index >= 15 is 0 Å². The van der Waals surface area contributed by atoms with Gasteiger partial charge in [0.15, 0.2) is 0 Å². The van der Waals surface area contributed by atoms with Crippen molar-refractivity contribution < 1.29 is 23.9 Å². The Morgan fingerprint density at radius 1 is 1.10 bits per heavy atom. The number of hydrogen-bond donors (Lipinski definition) is 0. The van der Waals surface area contributed by atoms with E-state index in [1.54, 1.807) is 29.2 Å². The van der Waals surface area contributed by atoms with Crippen LogP contribution < -0.4 is 9.47 Å². The number of imide groups is 1. The first-order valence-corrected chi connectivity index (χ1v) is 11.0. The molecule has 1 heterocycles. The summed E-state index contributed by atoms with van der Waals surface area (Å²) < 4.78 is 11.2. The molecule has 1 fully saturated rings. The molecule has 0 radical (unpaired) electrons. The average Bonchev–Trinajstić information content (AvgIpc) is 2.91. The van der Waals surface area contributed by atoms with Crippen molar-refractivity contribution in [3.8, 4) is 11.5 Å². The van der Waals surface area contributed by atoms with Crippen molar-refractivity contribution in [1.82, 2.24) is 9.80 Å². The third-order valence-electron chi connectivity index (χ3n) is 4.45. The van der Waals surface area contributed by atoms with Crippen LogP contribution in [0, 0.1) is 0 Å². The second-order valence-corrected chi connectivity index (χ2v) is 8.32. The van der Waals surface area contributed by atoms with Gasteiger partial charge in [-0.15, -0.1) is 0 Å². The minimum atomic E-state index is -0.470. The summed E-state index contributed by atoms with van der Waals surface area (Å²) in [4.78, 5) is 40.9. The first-order valence-electron chi connectivity index (χ1n) is 10.2. The Kier molecular flexibility index (Phi) is 8.34. The Labute approximate surface area is 182 Å². The highest BCUT2D eigenvalue weighted by Crippen LogP contribution is 2.35. The lowest BCUT2D eigenvalue weighted by atomic mass is 10.1. The first-order chi connectivity index (χ1) is 14.2. The third kappa shape index (κ3) is 5.56. The van der Waals surface area contributed by atoms with Gasteiger partial charge < -0.3 is 14.4 Å². The first kappa shape index (κ1) is 23.8. The molecule has 8 heteroatoms. The van der Waals surface area contributed by atoms with Gasteiger partial charge in [0.05, 0.1) is 18.1 Å². The van der Waals surface area contributed by atoms with Crippen LogP contribution in [0.25, 0.3) is 6.08 Å². The zero-order valence-corrected chi connectivity index (χ0v) is 19.2. The fraction of sp³-hybridized carbons (Fsp3) is 0.500. The number of rotatable bonds is 9. The summed E-state index contributed by atoms with van der Waals surface area (Å²) >= 11 is 0.829. The summed E-state index contributed by atoms with van der Waals surface area (Å²) in [5.41, 5.74) is 0.670. The van der Waals surface area contributed by atoms with Gasteiger partial charge in [0, 0.05) is 23.7 Å². The lowest BCUT2D eigenvalue weighted by Gasteiger charge is -2.31. The van der Waals surface area contributed by atoms with Crippen LogP contribution in [-0.4, -0.2) is 58.7 Å². The second kappa shape index (κ2) is 10.5. The molecule has 1 aliphatic rings. The molecular weight excluding hydrogens is 404 g/mol. The summed E-state index contributed by atoms with van der Waals surface area (Å²) in [6.07, 6.45) is 1.62. The molecule has 7 nitrogen and oxygen atoms in total. The van der Waals surface area contributed by atoms with Crippen molar-refractivity contribution in [2.45, 2.75) is 53.6 Å². The minimum absolute atomic E-state index is 0.0226. The molecule has 30 heavy (non-hydrogen) atoms. The monoisotopic (exact) mass is 434 g/mol. The normalized spacial score (nSPS) is 15.5. The molecule has 0 bridgehead atoms. The molecule has 0 N–H and O–H groups in total. The molecule has 2 rings (SSSR count). The lowest BCUT2D eigenvalue weighted by molar-refractivity contribution is -0.138. The highest BCUT2D eigenvalue weighted by atomic mass is 32.2. The molecule has 0 saturated carbocycles. The van der Waals surface area contributed by atoms with E-state index in [0.717, 1.165) is 16.7 Å². The molecule has 0 unspecified atom stereocenters. The molecule has 0 atom stereocenters. The number of nitrogens with zero attached hydrogens (tertiary/aromatic N) is 2. The Hall–Kier alpha value is -2.48. The van der Waals surface area contributed by atoms with Gasteiger partial charge in [-0.1, -0.05) is 0 Å². The van der Waals surface area contributed by atoms with E-state index in [4.69, 9.17) is 9.47 Å². The molecule has 0 aliphatic carbocycles. The number of hydrogen-bond acceptors (Lipinski definition) is 6. The van der Waals surface area contributed by atoms with Gasteiger partial charge >= 0.3 is 0 Å². The van der Waals surface area contributed by atoms with Crippen molar-refractivity contribution >= 4 is 34.9 Å². The van der Waals surface area contributed by atoms with Crippen LogP contribution >= 0.6 is 11.8 Å². The maximum absolute atomic E-state index is 12.8. The van der Waals surface area contributed by atoms with E-state index in [2.05, 4.69) is 0 Å². The zero-order valence-electron chi connectivity index (χ0n) is 18.4. The number of carbonyl (C=O) groups is 3. The van der Waals surface area contributed by atoms with E-state index in [-0.39, 0.29) is 29.4 Å². The van der Waals surface area contributed by atoms with Crippen LogP contribution in [0.4, 0.5) is 4.79 Å². The fourth-order valence-corrected chi connectivity index (χ4v) is 4.17. The Morgan fingerprint density at radius 2 is 1.73 bits per heavy atom. The smallest absolute Gasteiger partial charge is 0.294 e. The summed E-state index contributed by atoms with van der Waals surface area (Å²) in [6, 6.07) is 5.29. The number of carbonyl (C=O) groups excluding carboxylic acids is 3. The van der Waals surface area contributed by atoms with Crippen LogP contribution in [-0.2, 0) is 9.59 Å². The Bertz CT molecular complexity index is 827. The maximum atomic E-state index is 12.8. The molecule has 3 amide bonds. The fourth-order valence-electron chi connectivity index (χ4n) is 3.34. The number of thioether (sulfide) groups is 1. The molecule has 164 valence electrons. The summed E-state index contributed by atoms with van der Waals surface area (Å²) in [5.74, 6) is 0.512. The highest BCUT2D eigenvalue weighted by molar-refractivity contribution is 8.18. The average molecular weight is 435 g/mol. The molecular formula is C22H30N2O5S. The van der Waals surface area contributed by atoms with E-state index in [0.29, 0.717) is 30.3 Å². The van der Waals surface area contributed by atoms with Crippen LogP contribution in [0.15, 0.2) is 23.1 Å². The molecule has 1 saturated heterocycles. The Morgan fingerprint density at radius 3 is 2.30 bits per heavy atom. The van der Waals surface area contributed by atoms with Crippen LogP contribution in [0.2, 0.25) is 0 Å². The highest BCUT2D eigenvalue weighted by Gasteiger charge is 2.37. The number of benzene rings is 1. The van der Waals surface area contributed by atoms with Crippen LogP contribution in [0.1, 0.15) is 47.1 Å². The van der Waals surface area contributed by atoms with Gasteiger partial charge in [-0.2, -0.15) is 0 Å². The quantitative estimate of drug-likeness (QED) is 0.543. The van der Waals surface area contributed by atoms with Gasteiger partial charge in [-0.05, 0) is 71.5 Å². The molecule has 0 spiro atoms. The van der Waals surface area contributed by atoms with Crippen LogP contribution in [0.5, 0.6) is 11.5 Å². The maximum Gasteiger partial charge on any atom is 0.294 e. The topological polar surface area (TPSA) is 76.2 Å². The predicted octanol–water partition coefficient (Wildman–Crippen LogP) is 4.17. The summed E-state index contributed by atoms with van der Waals surface area (Å²) in [6.45, 7) is 12.1. The molecule has 1 aromatic carbocycles. The molecule has 1 aliphatic heterocycles. The van der Waals surface area contributed by atoms with Gasteiger partial charge in [0.25, 0.3) is 11.1 Å². The van der Waals surface area contributed by atoms with Gasteiger partial charge in [-0.3, -0.25) is 19.3 Å². The predicted molar refractivity (Wildman–Crippen MR) is 119 cm³/mol. The SMILES string of the molecule is CCOc1ccc(/C=C2\SC(=O)N(CC(=O)N(C(C)C)C(C)C)C2=O)c(OCC)c1. The Balaban J connectivity index is 2.25. The van der Waals surface area contributed by atoms with E-state index in [1.807, 2.05) is 41.5 Å². The lowest BCUT2D eigenvalue weighted by Crippen LogP contribution is -2.48. The van der Waals surface area contributed by atoms with Crippen molar-refractivity contribution in [2.24, 2.45) is 0 Å². The van der Waals surface area contributed by atoms with Crippen molar-refractivity contribution in [1.29, 1.82) is 0 Å². The van der Waals surface area contributed by atoms with Gasteiger partial charge in [0.2, 0.25) is 5.91 Å². The van der Waals surface area contributed by atoms with E-state index in [9.17, 15) is 14.4 Å². The zero-order chi connectivity index (χ0) is 22.4. The van der Waals surface area contributed by atoms with Gasteiger partial charge in [0.1, 0.15) is 18.0 Å². The third-order valence-corrected chi connectivity index (χ3v) is 5.36. The summed E-state index contributed by atoms with van der Waals surface area (Å²) in [5, 5.41) is -0.448. The largest absolute Gasteiger partial charge is 0.494 e. The van der Waals surface area contributed by atoms with E-state index in [1.165, 1.54) is 0 Å². The van der Waals surface area contributed by atoms with Crippen molar-refractivity contribution in [2.75, 3.05) is 19.8 Å². The standard InChI is InChI=1S/C22H30N2O5S/c1-7-28-17-10-9-16(18(12-17)29-8-2)11-19-21(26)23(22(27)30-19)13-20(25)24(14(3)4)15(5)6/h9-12,14-15H,7-8,13H2,1-6H3/b19-11-. The molecule has 1 aromatic rings. The van der Waals surface area contributed by atoms with E-state index < -0.39 is 11.1 Å². The summed E-state index contributed by atoms with van der Waals surface area (Å²) in [7, 11) is 0.